The Morgan fingerprint density at radius 3 is 2.48 bits per heavy atom. The van der Waals surface area contributed by atoms with Crippen LogP contribution in [-0.2, 0) is 4.79 Å². The quantitative estimate of drug-likeness (QED) is 0.879. The third kappa shape index (κ3) is 5.30. The van der Waals surface area contributed by atoms with Crippen molar-refractivity contribution in [1.82, 2.24) is 5.32 Å². The van der Waals surface area contributed by atoms with E-state index in [-0.39, 0.29) is 23.1 Å². The van der Waals surface area contributed by atoms with Crippen LogP contribution in [0.1, 0.15) is 39.3 Å². The Bertz CT molecular complexity index is 487. The number of carbonyl (C=O) groups excluding carboxylic acids is 1. The first-order valence-electron chi connectivity index (χ1n) is 6.72. The van der Waals surface area contributed by atoms with E-state index in [9.17, 15) is 13.6 Å². The van der Waals surface area contributed by atoms with E-state index in [1.54, 1.807) is 19.1 Å². The molecular weight excluding hydrogens is 278 g/mol. The lowest BCUT2D eigenvalue weighted by Gasteiger charge is -2.27. The predicted octanol–water partition coefficient (Wildman–Crippen LogP) is 2.84. The molecule has 0 aliphatic rings. The Hall–Kier alpha value is -1.69. The minimum Gasteiger partial charge on any atom is -0.435 e. The Morgan fingerprint density at radius 2 is 1.95 bits per heavy atom. The molecule has 0 bridgehead atoms. The van der Waals surface area contributed by atoms with Gasteiger partial charge in [-0.25, -0.2) is 0 Å². The van der Waals surface area contributed by atoms with Gasteiger partial charge in [0.2, 0.25) is 5.91 Å². The van der Waals surface area contributed by atoms with Crippen LogP contribution in [0, 0.1) is 5.41 Å². The van der Waals surface area contributed by atoms with Gasteiger partial charge in [0.15, 0.2) is 0 Å². The number of ether oxygens (including phenoxy) is 1. The van der Waals surface area contributed by atoms with Crippen LogP contribution in [0.25, 0.3) is 0 Å². The zero-order valence-corrected chi connectivity index (χ0v) is 12.7. The molecule has 21 heavy (non-hydrogen) atoms. The Morgan fingerprint density at radius 1 is 1.33 bits per heavy atom. The summed E-state index contributed by atoms with van der Waals surface area (Å²) < 4.78 is 28.7. The molecule has 6 heteroatoms. The van der Waals surface area contributed by atoms with Gasteiger partial charge in [-0.3, -0.25) is 4.79 Å². The van der Waals surface area contributed by atoms with Crippen molar-refractivity contribution in [3.8, 4) is 5.75 Å². The first kappa shape index (κ1) is 17.4. The lowest BCUT2D eigenvalue weighted by molar-refractivity contribution is -0.125. The normalized spacial score (nSPS) is 14.7. The van der Waals surface area contributed by atoms with Crippen molar-refractivity contribution in [2.45, 2.75) is 46.4 Å². The number of nitrogens with two attached hydrogens (primary N) is 1. The van der Waals surface area contributed by atoms with Gasteiger partial charge < -0.3 is 15.8 Å². The van der Waals surface area contributed by atoms with Gasteiger partial charge in [-0.1, -0.05) is 32.9 Å². The fourth-order valence-electron chi connectivity index (χ4n) is 1.74. The topological polar surface area (TPSA) is 64.4 Å². The van der Waals surface area contributed by atoms with Crippen LogP contribution >= 0.6 is 0 Å². The molecule has 4 nitrogen and oxygen atoms in total. The van der Waals surface area contributed by atoms with E-state index in [2.05, 4.69) is 10.1 Å². The molecule has 0 radical (unpaired) electrons. The van der Waals surface area contributed by atoms with Gasteiger partial charge in [0.25, 0.3) is 0 Å². The minimum absolute atomic E-state index is 0.0590. The molecule has 0 aromatic heterocycles. The van der Waals surface area contributed by atoms with Crippen molar-refractivity contribution in [3.63, 3.8) is 0 Å². The van der Waals surface area contributed by atoms with E-state index in [1.165, 1.54) is 12.1 Å². The maximum Gasteiger partial charge on any atom is 0.387 e. The van der Waals surface area contributed by atoms with Crippen molar-refractivity contribution in [2.75, 3.05) is 0 Å². The maximum absolute atomic E-state index is 12.2. The summed E-state index contributed by atoms with van der Waals surface area (Å²) in [7, 11) is 0. The molecule has 118 valence electrons. The molecule has 0 spiro atoms. The van der Waals surface area contributed by atoms with E-state index in [0.29, 0.717) is 5.56 Å². The molecule has 0 heterocycles. The van der Waals surface area contributed by atoms with Gasteiger partial charge in [0.05, 0.1) is 12.1 Å². The van der Waals surface area contributed by atoms with Crippen molar-refractivity contribution >= 4 is 5.91 Å². The molecule has 0 aliphatic carbocycles. The highest BCUT2D eigenvalue weighted by molar-refractivity contribution is 5.82. The second-order valence-electron chi connectivity index (χ2n) is 6.02. The summed E-state index contributed by atoms with van der Waals surface area (Å²) in [5.41, 5.74) is 6.19. The molecule has 1 unspecified atom stereocenters. The average Bonchev–Trinajstić information content (AvgIpc) is 2.36. The van der Waals surface area contributed by atoms with Crippen LogP contribution in [-0.4, -0.2) is 18.6 Å². The second kappa shape index (κ2) is 6.85. The molecule has 0 saturated heterocycles. The standard InChI is InChI=1S/C15H22F2N2O2/c1-9(19-13(20)12(18)15(2,3)4)10-6-5-7-11(8-10)21-14(16)17/h5-9,12,14H,18H2,1-4H3,(H,19,20)/t9?,12-/m1/s1. The number of alkyl halides is 2. The van der Waals surface area contributed by atoms with E-state index in [1.807, 2.05) is 20.8 Å². The molecule has 0 aliphatic heterocycles. The van der Waals surface area contributed by atoms with Gasteiger partial charge in [-0.2, -0.15) is 8.78 Å². The molecule has 0 fully saturated rings. The van der Waals surface area contributed by atoms with E-state index < -0.39 is 12.7 Å². The zero-order chi connectivity index (χ0) is 16.2. The smallest absolute Gasteiger partial charge is 0.387 e. The van der Waals surface area contributed by atoms with Crippen LogP contribution in [0.5, 0.6) is 5.75 Å². The van der Waals surface area contributed by atoms with Crippen molar-refractivity contribution in [3.05, 3.63) is 29.8 Å². The average molecular weight is 300 g/mol. The van der Waals surface area contributed by atoms with Gasteiger partial charge in [0, 0.05) is 0 Å². The summed E-state index contributed by atoms with van der Waals surface area (Å²) in [4.78, 5) is 12.0. The molecule has 1 aromatic rings. The van der Waals surface area contributed by atoms with Crippen LogP contribution in [0.4, 0.5) is 8.78 Å². The van der Waals surface area contributed by atoms with Crippen molar-refractivity contribution in [1.29, 1.82) is 0 Å². The predicted molar refractivity (Wildman–Crippen MR) is 77.1 cm³/mol. The third-order valence-electron chi connectivity index (χ3n) is 3.16. The van der Waals surface area contributed by atoms with E-state index >= 15 is 0 Å². The molecule has 1 aromatic carbocycles. The number of halogens is 2. The summed E-state index contributed by atoms with van der Waals surface area (Å²) in [5, 5.41) is 2.78. The lowest BCUT2D eigenvalue weighted by Crippen LogP contribution is -2.49. The van der Waals surface area contributed by atoms with Crippen molar-refractivity contribution in [2.24, 2.45) is 11.1 Å². The van der Waals surface area contributed by atoms with Gasteiger partial charge in [-0.05, 0) is 30.0 Å². The molecule has 3 N–H and O–H groups in total. The zero-order valence-electron chi connectivity index (χ0n) is 12.7. The summed E-state index contributed by atoms with van der Waals surface area (Å²) in [6, 6.07) is 5.23. The molecule has 0 saturated carbocycles. The number of amides is 1. The molecular formula is C15H22F2N2O2. The van der Waals surface area contributed by atoms with Crippen LogP contribution in [0.15, 0.2) is 24.3 Å². The highest BCUT2D eigenvalue weighted by atomic mass is 19.3. The molecule has 1 rings (SSSR count). The lowest BCUT2D eigenvalue weighted by atomic mass is 9.86. The number of hydrogen-bond donors (Lipinski definition) is 2. The van der Waals surface area contributed by atoms with Gasteiger partial charge in [0.1, 0.15) is 5.75 Å². The Kier molecular flexibility index (Phi) is 5.66. The number of benzene rings is 1. The summed E-state index contributed by atoms with van der Waals surface area (Å²) >= 11 is 0. The van der Waals surface area contributed by atoms with Gasteiger partial charge >= 0.3 is 6.61 Å². The highest BCUT2D eigenvalue weighted by Crippen LogP contribution is 2.22. The second-order valence-corrected chi connectivity index (χ2v) is 6.02. The van der Waals surface area contributed by atoms with Crippen LogP contribution in [0.2, 0.25) is 0 Å². The number of hydrogen-bond acceptors (Lipinski definition) is 3. The van der Waals surface area contributed by atoms with Crippen molar-refractivity contribution < 1.29 is 18.3 Å². The van der Waals surface area contributed by atoms with Crippen LogP contribution < -0.4 is 15.8 Å². The fraction of sp³-hybridized carbons (Fsp3) is 0.533. The first-order chi connectivity index (χ1) is 9.61. The SMILES string of the molecule is CC(NC(=O)[C@@H](N)C(C)(C)C)c1cccc(OC(F)F)c1. The Labute approximate surface area is 123 Å². The fourth-order valence-corrected chi connectivity index (χ4v) is 1.74. The monoisotopic (exact) mass is 300 g/mol. The number of nitrogens with one attached hydrogen (secondary N) is 1. The maximum atomic E-state index is 12.2. The van der Waals surface area contributed by atoms with E-state index in [4.69, 9.17) is 5.73 Å². The summed E-state index contributed by atoms with van der Waals surface area (Å²) in [6.07, 6.45) is 0. The first-order valence-corrected chi connectivity index (χ1v) is 6.72. The van der Waals surface area contributed by atoms with Crippen LogP contribution in [0.3, 0.4) is 0 Å². The minimum atomic E-state index is -2.88. The Balaban J connectivity index is 2.76. The largest absolute Gasteiger partial charge is 0.435 e. The summed E-state index contributed by atoms with van der Waals surface area (Å²) in [5.74, 6) is -0.223. The highest BCUT2D eigenvalue weighted by Gasteiger charge is 2.28. The van der Waals surface area contributed by atoms with Gasteiger partial charge in [-0.15, -0.1) is 0 Å². The van der Waals surface area contributed by atoms with E-state index in [0.717, 1.165) is 0 Å². The third-order valence-corrected chi connectivity index (χ3v) is 3.16. The summed E-state index contributed by atoms with van der Waals surface area (Å²) in [6.45, 7) is 4.51. The number of rotatable bonds is 5. The molecule has 1 amide bonds. The number of carbonyl (C=O) groups is 1. The molecule has 2 atom stereocenters.